The molecule has 0 unspecified atom stereocenters. The van der Waals surface area contributed by atoms with E-state index in [2.05, 4.69) is 20.5 Å². The van der Waals surface area contributed by atoms with Crippen LogP contribution in [0.3, 0.4) is 0 Å². The Kier molecular flexibility index (Phi) is 8.99. The first-order chi connectivity index (χ1) is 24.5. The molecule has 6 aromatic rings. The van der Waals surface area contributed by atoms with Gasteiger partial charge in [-0.1, -0.05) is 60.7 Å². The van der Waals surface area contributed by atoms with Gasteiger partial charge in [-0.05, 0) is 47.2 Å². The van der Waals surface area contributed by atoms with Crippen LogP contribution in [0.2, 0.25) is 0 Å². The maximum absolute atomic E-state index is 12.6. The van der Waals surface area contributed by atoms with E-state index in [4.69, 9.17) is 0 Å². The summed E-state index contributed by atoms with van der Waals surface area (Å²) in [7, 11) is -10.3. The number of aromatic carboxylic acids is 2. The quantitative estimate of drug-likeness (QED) is 0.0612. The molecule has 18 heteroatoms. The second-order valence-corrected chi connectivity index (χ2v) is 13.8. The molecule has 0 saturated carbocycles. The van der Waals surface area contributed by atoms with Crippen molar-refractivity contribution in [2.24, 2.45) is 20.5 Å². The zero-order valence-corrected chi connectivity index (χ0v) is 27.6. The molecule has 0 radical (unpaired) electrons. The van der Waals surface area contributed by atoms with Gasteiger partial charge in [0, 0.05) is 21.9 Å². The van der Waals surface area contributed by atoms with E-state index in [1.807, 2.05) is 0 Å². The van der Waals surface area contributed by atoms with Crippen LogP contribution in [0, 0.1) is 0 Å². The molecular weight excluding hydrogens is 721 g/mol. The van der Waals surface area contributed by atoms with E-state index in [1.54, 1.807) is 48.5 Å². The molecule has 16 nitrogen and oxygen atoms in total. The zero-order chi connectivity index (χ0) is 37.5. The van der Waals surface area contributed by atoms with Gasteiger partial charge in [0.25, 0.3) is 20.2 Å². The second kappa shape index (κ2) is 13.3. The summed E-state index contributed by atoms with van der Waals surface area (Å²) in [6.45, 7) is 0. The Bertz CT molecular complexity index is 2590. The SMILES string of the molecule is O=C(O)c1cc2ccccc2c(N=Nc2ccc(-c3ccc(N=Nc4c(O)c(C(=O)O)cc5ccccc45)cc3S(=O)(=O)O)c(S(=O)(=O)O)c2)c1O. The topological polar surface area (TPSA) is 273 Å². The molecule has 0 aliphatic rings. The highest BCUT2D eigenvalue weighted by Crippen LogP contribution is 2.42. The molecule has 0 saturated heterocycles. The van der Waals surface area contributed by atoms with Crippen molar-refractivity contribution in [3.8, 4) is 22.6 Å². The second-order valence-electron chi connectivity index (χ2n) is 11.0. The highest BCUT2D eigenvalue weighted by molar-refractivity contribution is 7.86. The van der Waals surface area contributed by atoms with Gasteiger partial charge in [-0.15, -0.1) is 10.2 Å². The van der Waals surface area contributed by atoms with Crippen LogP contribution in [0.25, 0.3) is 32.7 Å². The average molecular weight is 743 g/mol. The third-order valence-corrected chi connectivity index (χ3v) is 9.55. The normalized spacial score (nSPS) is 12.3. The van der Waals surface area contributed by atoms with Gasteiger partial charge in [0.15, 0.2) is 11.5 Å². The molecule has 0 amide bonds. The van der Waals surface area contributed by atoms with E-state index < -0.39 is 75.7 Å². The number of hydrogen-bond acceptors (Lipinski definition) is 12. The van der Waals surface area contributed by atoms with Crippen molar-refractivity contribution < 1.29 is 56.0 Å². The van der Waals surface area contributed by atoms with Crippen molar-refractivity contribution in [1.82, 2.24) is 0 Å². The van der Waals surface area contributed by atoms with Crippen LogP contribution in [0.5, 0.6) is 11.5 Å². The molecule has 0 aliphatic carbocycles. The molecule has 0 aromatic heterocycles. The van der Waals surface area contributed by atoms with Gasteiger partial charge in [0.05, 0.1) is 11.4 Å². The first-order valence-electron chi connectivity index (χ1n) is 14.6. The summed E-state index contributed by atoms with van der Waals surface area (Å²) >= 11 is 0. The maximum Gasteiger partial charge on any atom is 0.339 e. The summed E-state index contributed by atoms with van der Waals surface area (Å²) in [6, 6.07) is 21.3. The molecule has 6 rings (SSSR count). The van der Waals surface area contributed by atoms with Crippen LogP contribution >= 0.6 is 0 Å². The van der Waals surface area contributed by atoms with Crippen LogP contribution < -0.4 is 0 Å². The molecule has 0 heterocycles. The maximum atomic E-state index is 12.6. The molecule has 0 bridgehead atoms. The Labute approximate surface area is 292 Å². The van der Waals surface area contributed by atoms with Crippen molar-refractivity contribution in [2.75, 3.05) is 0 Å². The molecule has 262 valence electrons. The number of carbonyl (C=O) groups is 2. The van der Waals surface area contributed by atoms with E-state index in [0.717, 1.165) is 24.3 Å². The van der Waals surface area contributed by atoms with Crippen molar-refractivity contribution in [3.63, 3.8) is 0 Å². The molecule has 0 atom stereocenters. The fourth-order valence-electron chi connectivity index (χ4n) is 5.40. The third-order valence-electron chi connectivity index (χ3n) is 7.76. The van der Waals surface area contributed by atoms with Gasteiger partial charge in [0.1, 0.15) is 32.3 Å². The monoisotopic (exact) mass is 742 g/mol. The van der Waals surface area contributed by atoms with Crippen LogP contribution in [0.15, 0.2) is 127 Å². The van der Waals surface area contributed by atoms with E-state index in [1.165, 1.54) is 24.3 Å². The van der Waals surface area contributed by atoms with Crippen LogP contribution in [-0.2, 0) is 20.2 Å². The zero-order valence-electron chi connectivity index (χ0n) is 26.0. The van der Waals surface area contributed by atoms with E-state index in [0.29, 0.717) is 21.5 Å². The van der Waals surface area contributed by atoms with Gasteiger partial charge >= 0.3 is 11.9 Å². The van der Waals surface area contributed by atoms with E-state index >= 15 is 0 Å². The summed E-state index contributed by atoms with van der Waals surface area (Å²) in [5, 5.41) is 57.5. The molecule has 0 aliphatic heterocycles. The van der Waals surface area contributed by atoms with Crippen molar-refractivity contribution in [3.05, 3.63) is 108 Å². The van der Waals surface area contributed by atoms with Crippen LogP contribution in [0.4, 0.5) is 22.7 Å². The van der Waals surface area contributed by atoms with Gasteiger partial charge in [-0.25, -0.2) is 9.59 Å². The Morgan fingerprint density at radius 3 is 1.21 bits per heavy atom. The first-order valence-corrected chi connectivity index (χ1v) is 17.5. The lowest BCUT2D eigenvalue weighted by Crippen LogP contribution is -2.05. The number of benzene rings is 6. The van der Waals surface area contributed by atoms with Gasteiger partial charge < -0.3 is 20.4 Å². The average Bonchev–Trinajstić information content (AvgIpc) is 3.09. The number of carboxylic acids is 2. The highest BCUT2D eigenvalue weighted by Gasteiger charge is 2.25. The minimum Gasteiger partial charge on any atom is -0.505 e. The molecule has 0 spiro atoms. The Balaban J connectivity index is 1.45. The lowest BCUT2D eigenvalue weighted by atomic mass is 10.0. The van der Waals surface area contributed by atoms with Crippen molar-refractivity contribution in [1.29, 1.82) is 0 Å². The lowest BCUT2D eigenvalue weighted by molar-refractivity contribution is 0.0682. The fourth-order valence-corrected chi connectivity index (χ4v) is 6.85. The molecule has 6 aromatic carbocycles. The van der Waals surface area contributed by atoms with Gasteiger partial charge in [-0.3, -0.25) is 9.11 Å². The van der Waals surface area contributed by atoms with Gasteiger partial charge in [0.2, 0.25) is 0 Å². The lowest BCUT2D eigenvalue weighted by Gasteiger charge is -2.12. The summed E-state index contributed by atoms with van der Waals surface area (Å²) in [6.07, 6.45) is 0. The highest BCUT2D eigenvalue weighted by atomic mass is 32.2. The number of carboxylic acid groups (broad SMARTS) is 2. The van der Waals surface area contributed by atoms with Gasteiger partial charge in [-0.2, -0.15) is 27.1 Å². The van der Waals surface area contributed by atoms with E-state index in [-0.39, 0.29) is 22.7 Å². The van der Waals surface area contributed by atoms with Crippen LogP contribution in [-0.4, -0.2) is 58.3 Å². The molecular formula is C34H22N4O12S2. The summed E-state index contributed by atoms with van der Waals surface area (Å²) in [5.41, 5.74) is -2.70. The minimum atomic E-state index is -5.13. The Morgan fingerprint density at radius 2 is 0.865 bits per heavy atom. The summed E-state index contributed by atoms with van der Waals surface area (Å²) < 4.78 is 70.6. The Hall–Kier alpha value is -6.60. The predicted octanol–water partition coefficient (Wildman–Crippen LogP) is 7.79. The standard InChI is InChI=1S/C34H22N4O12S2/c39-31-25(33(41)42)13-17-5-1-3-7-21(17)29(31)37-35-19-9-11-23(27(15-19)51(45,46)47)24-12-10-20(16-28(24)52(48,49)50)36-38-30-22-8-4-2-6-18(22)14-26(32(30)40)34(43)44/h1-16,39-40H,(H,41,42)(H,43,44)(H,45,46,47)(H,48,49,50). The number of hydrogen-bond donors (Lipinski definition) is 6. The predicted molar refractivity (Wildman–Crippen MR) is 185 cm³/mol. The fraction of sp³-hybridized carbons (Fsp3) is 0. The third kappa shape index (κ3) is 6.76. The van der Waals surface area contributed by atoms with Crippen molar-refractivity contribution in [2.45, 2.75) is 9.79 Å². The molecule has 52 heavy (non-hydrogen) atoms. The number of fused-ring (bicyclic) bond motifs is 2. The first kappa shape index (κ1) is 35.2. The largest absolute Gasteiger partial charge is 0.505 e. The summed E-state index contributed by atoms with van der Waals surface area (Å²) in [4.78, 5) is 21.7. The van der Waals surface area contributed by atoms with Crippen LogP contribution in [0.1, 0.15) is 20.7 Å². The number of aromatic hydroxyl groups is 2. The van der Waals surface area contributed by atoms with Crippen molar-refractivity contribution >= 4 is 76.5 Å². The number of azo groups is 2. The van der Waals surface area contributed by atoms with E-state index in [9.17, 15) is 56.0 Å². The smallest absolute Gasteiger partial charge is 0.339 e. The number of phenols is 2. The number of rotatable bonds is 9. The minimum absolute atomic E-state index is 0.227. The molecule has 6 N–H and O–H groups in total. The summed E-state index contributed by atoms with van der Waals surface area (Å²) in [5.74, 6) is -4.32. The Morgan fingerprint density at radius 1 is 0.500 bits per heavy atom. The number of nitrogens with zero attached hydrogens (tertiary/aromatic N) is 4. The molecule has 0 fully saturated rings.